The van der Waals surface area contributed by atoms with Gasteiger partial charge in [-0.15, -0.1) is 11.3 Å². The lowest BCUT2D eigenvalue weighted by atomic mass is 10.1. The van der Waals surface area contributed by atoms with Crippen LogP contribution in [0.5, 0.6) is 0 Å². The van der Waals surface area contributed by atoms with Gasteiger partial charge in [0.1, 0.15) is 0 Å². The van der Waals surface area contributed by atoms with E-state index in [0.717, 1.165) is 10.9 Å². The van der Waals surface area contributed by atoms with Crippen molar-refractivity contribution in [1.29, 1.82) is 0 Å². The Kier molecular flexibility index (Phi) is 3.56. The molecule has 1 heterocycles. The Morgan fingerprint density at radius 2 is 2.11 bits per heavy atom. The molecule has 0 aliphatic rings. The minimum Gasteiger partial charge on any atom is -0.380 e. The van der Waals surface area contributed by atoms with Crippen LogP contribution in [0.1, 0.15) is 16.0 Å². The van der Waals surface area contributed by atoms with E-state index in [2.05, 4.69) is 10.3 Å². The maximum Gasteiger partial charge on any atom is 0.416 e. The molecule has 0 bridgehead atoms. The molecular weight excluding hydrogens is 261 g/mol. The highest BCUT2D eigenvalue weighted by Crippen LogP contribution is 2.33. The van der Waals surface area contributed by atoms with Gasteiger partial charge in [-0.3, -0.25) is 4.98 Å². The number of hydrogen-bond acceptors (Lipinski definition) is 3. The van der Waals surface area contributed by atoms with Crippen LogP contribution in [-0.2, 0) is 12.7 Å². The molecule has 2 rings (SSSR count). The van der Waals surface area contributed by atoms with Gasteiger partial charge in [0.15, 0.2) is 0 Å². The third kappa shape index (κ3) is 3.01. The molecule has 0 unspecified atom stereocenters. The van der Waals surface area contributed by atoms with E-state index in [9.17, 15) is 13.2 Å². The van der Waals surface area contributed by atoms with Gasteiger partial charge < -0.3 is 5.32 Å². The minimum absolute atomic E-state index is 0.228. The van der Waals surface area contributed by atoms with Crippen molar-refractivity contribution >= 4 is 17.0 Å². The molecule has 0 atom stereocenters. The standard InChI is InChI=1S/C12H11F3N2S/c1-8-2-3-9(4-11(8)12(13,14)15)17-6-10-5-16-7-18-10/h2-5,7,17H,6H2,1H3. The first-order chi connectivity index (χ1) is 8.47. The van der Waals surface area contributed by atoms with Crippen molar-refractivity contribution in [1.82, 2.24) is 4.98 Å². The monoisotopic (exact) mass is 272 g/mol. The fourth-order valence-electron chi connectivity index (χ4n) is 1.56. The highest BCUT2D eigenvalue weighted by molar-refractivity contribution is 7.09. The summed E-state index contributed by atoms with van der Waals surface area (Å²) < 4.78 is 38.1. The van der Waals surface area contributed by atoms with Crippen molar-refractivity contribution in [3.8, 4) is 0 Å². The third-order valence-electron chi connectivity index (χ3n) is 2.49. The number of alkyl halides is 3. The average Bonchev–Trinajstić information content (AvgIpc) is 2.79. The van der Waals surface area contributed by atoms with Gasteiger partial charge >= 0.3 is 6.18 Å². The molecule has 1 aromatic carbocycles. The second-order valence-corrected chi connectivity index (χ2v) is 4.82. The van der Waals surface area contributed by atoms with Crippen LogP contribution < -0.4 is 5.32 Å². The SMILES string of the molecule is Cc1ccc(NCc2cncs2)cc1C(F)(F)F. The summed E-state index contributed by atoms with van der Waals surface area (Å²) in [4.78, 5) is 4.88. The number of aryl methyl sites for hydroxylation is 1. The summed E-state index contributed by atoms with van der Waals surface area (Å²) in [6.45, 7) is 1.93. The lowest BCUT2D eigenvalue weighted by Gasteiger charge is -2.12. The van der Waals surface area contributed by atoms with Crippen molar-refractivity contribution in [2.45, 2.75) is 19.6 Å². The van der Waals surface area contributed by atoms with Crippen LogP contribution in [0.4, 0.5) is 18.9 Å². The molecule has 18 heavy (non-hydrogen) atoms. The Morgan fingerprint density at radius 1 is 1.33 bits per heavy atom. The summed E-state index contributed by atoms with van der Waals surface area (Å²) >= 11 is 1.46. The highest BCUT2D eigenvalue weighted by atomic mass is 32.1. The van der Waals surface area contributed by atoms with Gasteiger partial charge in [-0.1, -0.05) is 6.07 Å². The predicted molar refractivity (Wildman–Crippen MR) is 65.6 cm³/mol. The van der Waals surface area contributed by atoms with Crippen LogP contribution in [-0.4, -0.2) is 4.98 Å². The molecule has 0 fully saturated rings. The summed E-state index contributed by atoms with van der Waals surface area (Å²) in [6, 6.07) is 4.25. The van der Waals surface area contributed by atoms with Crippen molar-refractivity contribution in [2.24, 2.45) is 0 Å². The second-order valence-electron chi connectivity index (χ2n) is 3.85. The van der Waals surface area contributed by atoms with E-state index < -0.39 is 11.7 Å². The number of rotatable bonds is 3. The van der Waals surface area contributed by atoms with E-state index in [1.807, 2.05) is 0 Å². The zero-order valence-electron chi connectivity index (χ0n) is 9.58. The fourth-order valence-corrected chi connectivity index (χ4v) is 2.09. The number of benzene rings is 1. The van der Waals surface area contributed by atoms with Gasteiger partial charge in [0.25, 0.3) is 0 Å². The summed E-state index contributed by atoms with van der Waals surface area (Å²) in [5.74, 6) is 0. The molecule has 0 saturated heterocycles. The first-order valence-electron chi connectivity index (χ1n) is 5.26. The summed E-state index contributed by atoms with van der Waals surface area (Å²) in [5, 5.41) is 2.96. The molecule has 0 spiro atoms. The van der Waals surface area contributed by atoms with Crippen molar-refractivity contribution in [3.05, 3.63) is 45.9 Å². The molecule has 1 aromatic heterocycles. The molecule has 2 aromatic rings. The highest BCUT2D eigenvalue weighted by Gasteiger charge is 2.32. The predicted octanol–water partition coefficient (Wildman–Crippen LogP) is 4.08. The third-order valence-corrected chi connectivity index (χ3v) is 3.27. The van der Waals surface area contributed by atoms with Crippen molar-refractivity contribution in [3.63, 3.8) is 0 Å². The Balaban J connectivity index is 2.15. The van der Waals surface area contributed by atoms with Crippen LogP contribution in [0, 0.1) is 6.92 Å². The Labute approximate surface area is 106 Å². The minimum atomic E-state index is -4.31. The molecule has 1 N–H and O–H groups in total. The number of nitrogens with one attached hydrogen (secondary N) is 1. The quantitative estimate of drug-likeness (QED) is 0.910. The number of halogens is 3. The van der Waals surface area contributed by atoms with Gasteiger partial charge in [0, 0.05) is 16.8 Å². The molecule has 96 valence electrons. The smallest absolute Gasteiger partial charge is 0.380 e. The van der Waals surface area contributed by atoms with E-state index >= 15 is 0 Å². The van der Waals surface area contributed by atoms with E-state index in [-0.39, 0.29) is 5.56 Å². The van der Waals surface area contributed by atoms with E-state index in [1.165, 1.54) is 24.3 Å². The first kappa shape index (κ1) is 12.9. The molecular formula is C12H11F3N2S. The van der Waals surface area contributed by atoms with Crippen molar-refractivity contribution < 1.29 is 13.2 Å². The van der Waals surface area contributed by atoms with E-state index in [4.69, 9.17) is 0 Å². The van der Waals surface area contributed by atoms with Crippen LogP contribution in [0.15, 0.2) is 29.9 Å². The van der Waals surface area contributed by atoms with Gasteiger partial charge in [0.2, 0.25) is 0 Å². The number of thiazole rings is 1. The molecule has 0 radical (unpaired) electrons. The Morgan fingerprint density at radius 3 is 2.72 bits per heavy atom. The molecule has 6 heteroatoms. The summed E-state index contributed by atoms with van der Waals surface area (Å²) in [5.41, 5.74) is 1.77. The largest absolute Gasteiger partial charge is 0.416 e. The fraction of sp³-hybridized carbons (Fsp3) is 0.250. The molecule has 0 aliphatic carbocycles. The second kappa shape index (κ2) is 4.97. The molecule has 0 saturated carbocycles. The van der Waals surface area contributed by atoms with Crippen LogP contribution in [0.2, 0.25) is 0 Å². The molecule has 2 nitrogen and oxygen atoms in total. The lowest BCUT2D eigenvalue weighted by molar-refractivity contribution is -0.138. The summed E-state index contributed by atoms with van der Waals surface area (Å²) in [7, 11) is 0. The van der Waals surface area contributed by atoms with Gasteiger partial charge in [-0.2, -0.15) is 13.2 Å². The van der Waals surface area contributed by atoms with E-state index in [1.54, 1.807) is 17.8 Å². The maximum atomic E-state index is 12.7. The lowest BCUT2D eigenvalue weighted by Crippen LogP contribution is -2.08. The zero-order valence-corrected chi connectivity index (χ0v) is 10.4. The van der Waals surface area contributed by atoms with Gasteiger partial charge in [-0.05, 0) is 24.6 Å². The van der Waals surface area contributed by atoms with Crippen molar-refractivity contribution in [2.75, 3.05) is 5.32 Å². The van der Waals surface area contributed by atoms with Crippen LogP contribution in [0.25, 0.3) is 0 Å². The molecule has 0 amide bonds. The van der Waals surface area contributed by atoms with Gasteiger partial charge in [-0.25, -0.2) is 0 Å². The molecule has 0 aliphatic heterocycles. The zero-order chi connectivity index (χ0) is 13.2. The van der Waals surface area contributed by atoms with E-state index in [0.29, 0.717) is 12.2 Å². The van der Waals surface area contributed by atoms with Crippen LogP contribution in [0.3, 0.4) is 0 Å². The summed E-state index contributed by atoms with van der Waals surface area (Å²) in [6.07, 6.45) is -2.62. The number of hydrogen-bond donors (Lipinski definition) is 1. The van der Waals surface area contributed by atoms with Gasteiger partial charge in [0.05, 0.1) is 17.6 Å². The Bertz CT molecular complexity index is 521. The Hall–Kier alpha value is -1.56. The maximum absolute atomic E-state index is 12.7. The normalized spacial score (nSPS) is 11.6. The number of nitrogens with zero attached hydrogens (tertiary/aromatic N) is 1. The first-order valence-corrected chi connectivity index (χ1v) is 6.14. The van der Waals surface area contributed by atoms with Crippen LogP contribution >= 0.6 is 11.3 Å². The topological polar surface area (TPSA) is 24.9 Å². The number of anilines is 1. The number of aromatic nitrogens is 1. The average molecular weight is 272 g/mol.